The maximum absolute atomic E-state index is 13.0. The van der Waals surface area contributed by atoms with Gasteiger partial charge < -0.3 is 5.11 Å². The van der Waals surface area contributed by atoms with Crippen molar-refractivity contribution in [3.8, 4) is 22.3 Å². The summed E-state index contributed by atoms with van der Waals surface area (Å²) in [6.07, 6.45) is -2.92. The second-order valence-electron chi connectivity index (χ2n) is 8.19. The largest absolute Gasteiger partial charge is 0.481 e. The Bertz CT molecular complexity index is 1530. The zero-order valence-corrected chi connectivity index (χ0v) is 19.5. The Hall–Kier alpha value is -3.98. The highest BCUT2D eigenvalue weighted by molar-refractivity contribution is 8.14. The maximum Gasteiger partial charge on any atom is 0.433 e. The van der Waals surface area contributed by atoms with Gasteiger partial charge in [0, 0.05) is 18.2 Å². The minimum absolute atomic E-state index is 0.110. The zero-order chi connectivity index (χ0) is 25.3. The summed E-state index contributed by atoms with van der Waals surface area (Å²) < 4.78 is 39.1. The molecule has 0 spiro atoms. The van der Waals surface area contributed by atoms with E-state index in [0.717, 1.165) is 45.3 Å². The lowest BCUT2D eigenvalue weighted by Gasteiger charge is -2.12. The van der Waals surface area contributed by atoms with Crippen molar-refractivity contribution in [2.45, 2.75) is 12.6 Å². The molecule has 2 heterocycles. The van der Waals surface area contributed by atoms with E-state index in [0.29, 0.717) is 28.3 Å². The van der Waals surface area contributed by atoms with Gasteiger partial charge in [-0.2, -0.15) is 18.3 Å². The number of fused-ring (bicyclic) bond motifs is 1. The number of pyridine rings is 1. The standard InChI is InChI=1S/C27H18F3N3O2S/c28-27(29,30)24-8-7-19(14-31-24)21-10-20(18-6-5-16-3-1-2-4-17(16)9-18)11-22(12-21)23-13-25(33-32-23)36-15-26(34)35/h1-12,14H,13,15H2,(H,34,35). The van der Waals surface area contributed by atoms with Crippen LogP contribution in [0, 0.1) is 0 Å². The van der Waals surface area contributed by atoms with Crippen LogP contribution in [0.2, 0.25) is 0 Å². The van der Waals surface area contributed by atoms with Gasteiger partial charge in [0.25, 0.3) is 0 Å². The second kappa shape index (κ2) is 9.58. The van der Waals surface area contributed by atoms with Gasteiger partial charge in [0.2, 0.25) is 0 Å². The summed E-state index contributed by atoms with van der Waals surface area (Å²) in [5, 5.41) is 20.1. The van der Waals surface area contributed by atoms with Crippen LogP contribution in [0.5, 0.6) is 0 Å². The van der Waals surface area contributed by atoms with E-state index in [1.807, 2.05) is 54.6 Å². The molecule has 1 aromatic heterocycles. The Kier molecular flexibility index (Phi) is 6.32. The van der Waals surface area contributed by atoms with Gasteiger partial charge in [0.15, 0.2) is 0 Å². The van der Waals surface area contributed by atoms with Crippen LogP contribution in [-0.4, -0.2) is 32.6 Å². The van der Waals surface area contributed by atoms with Gasteiger partial charge in [-0.15, -0.1) is 5.10 Å². The Morgan fingerprint density at radius 1 is 0.833 bits per heavy atom. The molecule has 0 bridgehead atoms. The van der Waals surface area contributed by atoms with Crippen molar-refractivity contribution < 1.29 is 23.1 Å². The predicted octanol–water partition coefficient (Wildman–Crippen LogP) is 6.91. The molecule has 5 nitrogen and oxygen atoms in total. The molecule has 1 N–H and O–H groups in total. The Balaban J connectivity index is 1.55. The third kappa shape index (κ3) is 5.16. The van der Waals surface area contributed by atoms with E-state index in [1.165, 1.54) is 12.3 Å². The summed E-state index contributed by atoms with van der Waals surface area (Å²) in [6.45, 7) is 0. The summed E-state index contributed by atoms with van der Waals surface area (Å²) in [5.74, 6) is -1.05. The van der Waals surface area contributed by atoms with Crippen LogP contribution in [0.15, 0.2) is 89.2 Å². The smallest absolute Gasteiger partial charge is 0.433 e. The molecular formula is C27H18F3N3O2S. The second-order valence-corrected chi connectivity index (χ2v) is 9.24. The molecule has 9 heteroatoms. The van der Waals surface area contributed by atoms with Crippen molar-refractivity contribution in [3.05, 3.63) is 90.3 Å². The van der Waals surface area contributed by atoms with Crippen LogP contribution >= 0.6 is 11.8 Å². The number of aliphatic carboxylic acids is 1. The maximum atomic E-state index is 13.0. The quantitative estimate of drug-likeness (QED) is 0.320. The minimum Gasteiger partial charge on any atom is -0.481 e. The highest BCUT2D eigenvalue weighted by Crippen LogP contribution is 2.33. The van der Waals surface area contributed by atoms with E-state index in [2.05, 4.69) is 21.3 Å². The number of carboxylic acid groups (broad SMARTS) is 1. The fourth-order valence-corrected chi connectivity index (χ4v) is 4.57. The average molecular weight is 506 g/mol. The lowest BCUT2D eigenvalue weighted by atomic mass is 9.93. The van der Waals surface area contributed by atoms with Gasteiger partial charge in [-0.1, -0.05) is 54.2 Å². The number of hydrogen-bond donors (Lipinski definition) is 1. The molecule has 180 valence electrons. The summed E-state index contributed by atoms with van der Waals surface area (Å²) in [5.41, 5.74) is 3.49. The van der Waals surface area contributed by atoms with Crippen LogP contribution in [0.1, 0.15) is 17.7 Å². The molecule has 3 aromatic carbocycles. The van der Waals surface area contributed by atoms with Gasteiger partial charge in [0.05, 0.1) is 11.5 Å². The number of carboxylic acids is 1. The van der Waals surface area contributed by atoms with Gasteiger partial charge in [-0.3, -0.25) is 9.78 Å². The SMILES string of the molecule is O=C(O)CSC1=NN=C(c2cc(-c3ccc(C(F)(F)F)nc3)cc(-c3ccc4ccccc4c3)c2)C1. The molecular weight excluding hydrogens is 487 g/mol. The number of aromatic nitrogens is 1. The predicted molar refractivity (Wildman–Crippen MR) is 136 cm³/mol. The molecule has 0 amide bonds. The first-order chi connectivity index (χ1) is 17.3. The summed E-state index contributed by atoms with van der Waals surface area (Å²) >= 11 is 1.12. The summed E-state index contributed by atoms with van der Waals surface area (Å²) in [4.78, 5) is 14.5. The van der Waals surface area contributed by atoms with Crippen LogP contribution in [0.3, 0.4) is 0 Å². The Morgan fingerprint density at radius 3 is 2.22 bits per heavy atom. The molecule has 0 atom stereocenters. The number of carbonyl (C=O) groups is 1. The van der Waals surface area contributed by atoms with E-state index in [1.54, 1.807) is 0 Å². The number of nitrogens with zero attached hydrogens (tertiary/aromatic N) is 3. The summed E-state index contributed by atoms with van der Waals surface area (Å²) in [6, 6.07) is 22.1. The number of benzene rings is 3. The minimum atomic E-state index is -4.52. The molecule has 36 heavy (non-hydrogen) atoms. The van der Waals surface area contributed by atoms with Gasteiger partial charge >= 0.3 is 12.1 Å². The third-order valence-electron chi connectivity index (χ3n) is 5.70. The molecule has 4 aromatic rings. The highest BCUT2D eigenvalue weighted by Gasteiger charge is 2.32. The van der Waals surface area contributed by atoms with Crippen molar-refractivity contribution in [2.75, 3.05) is 5.75 Å². The van der Waals surface area contributed by atoms with E-state index in [4.69, 9.17) is 5.11 Å². The first-order valence-corrected chi connectivity index (χ1v) is 11.9. The average Bonchev–Trinajstić information content (AvgIpc) is 3.36. The Labute approximate surface area is 208 Å². The number of rotatable bonds is 5. The molecule has 5 rings (SSSR count). The summed E-state index contributed by atoms with van der Waals surface area (Å²) in [7, 11) is 0. The normalized spacial score (nSPS) is 13.5. The topological polar surface area (TPSA) is 74.9 Å². The first kappa shape index (κ1) is 23.7. The van der Waals surface area contributed by atoms with Gasteiger partial charge in [0.1, 0.15) is 10.7 Å². The number of thioether (sulfide) groups is 1. The lowest BCUT2D eigenvalue weighted by Crippen LogP contribution is -2.07. The van der Waals surface area contributed by atoms with Gasteiger partial charge in [-0.05, 0) is 63.4 Å². The molecule has 0 saturated heterocycles. The molecule has 0 fully saturated rings. The van der Waals surface area contributed by atoms with Crippen LogP contribution in [0.25, 0.3) is 33.0 Å². The van der Waals surface area contributed by atoms with Crippen molar-refractivity contribution in [1.29, 1.82) is 0 Å². The molecule has 1 aliphatic heterocycles. The van der Waals surface area contributed by atoms with Gasteiger partial charge in [-0.25, -0.2) is 0 Å². The third-order valence-corrected chi connectivity index (χ3v) is 6.65. The van der Waals surface area contributed by atoms with Crippen LogP contribution < -0.4 is 0 Å². The Morgan fingerprint density at radius 2 is 1.53 bits per heavy atom. The monoisotopic (exact) mass is 505 g/mol. The number of alkyl halides is 3. The van der Waals surface area contributed by atoms with E-state index in [-0.39, 0.29) is 5.75 Å². The molecule has 0 aliphatic carbocycles. The van der Waals surface area contributed by atoms with Crippen molar-refractivity contribution >= 4 is 39.3 Å². The molecule has 0 saturated carbocycles. The molecule has 0 unspecified atom stereocenters. The number of halogens is 3. The zero-order valence-electron chi connectivity index (χ0n) is 18.7. The van der Waals surface area contributed by atoms with Crippen molar-refractivity contribution in [3.63, 3.8) is 0 Å². The molecule has 1 aliphatic rings. The fourth-order valence-electron chi connectivity index (χ4n) is 3.94. The van der Waals surface area contributed by atoms with E-state index >= 15 is 0 Å². The lowest BCUT2D eigenvalue weighted by molar-refractivity contribution is -0.141. The number of hydrogen-bond acceptors (Lipinski definition) is 5. The van der Waals surface area contributed by atoms with Crippen molar-refractivity contribution in [1.82, 2.24) is 4.98 Å². The van der Waals surface area contributed by atoms with Crippen LogP contribution in [-0.2, 0) is 11.0 Å². The van der Waals surface area contributed by atoms with Crippen LogP contribution in [0.4, 0.5) is 13.2 Å². The van der Waals surface area contributed by atoms with E-state index < -0.39 is 17.8 Å². The molecule has 0 radical (unpaired) electrons. The highest BCUT2D eigenvalue weighted by atomic mass is 32.2. The fraction of sp³-hybridized carbons (Fsp3) is 0.111. The van der Waals surface area contributed by atoms with Crippen molar-refractivity contribution in [2.24, 2.45) is 10.2 Å². The van der Waals surface area contributed by atoms with E-state index in [9.17, 15) is 18.0 Å². The first-order valence-electron chi connectivity index (χ1n) is 10.9.